The fraction of sp³-hybridized carbons (Fsp3) is 0.462. The Hall–Kier alpha value is -1.27. The highest BCUT2D eigenvalue weighted by Crippen LogP contribution is 2.27. The summed E-state index contributed by atoms with van der Waals surface area (Å²) in [5, 5.41) is 7.90. The molecule has 102 valence electrons. The predicted octanol–water partition coefficient (Wildman–Crippen LogP) is 2.54. The van der Waals surface area contributed by atoms with Crippen molar-refractivity contribution in [2.24, 2.45) is 0 Å². The molecule has 5 nitrogen and oxygen atoms in total. The van der Waals surface area contributed by atoms with Gasteiger partial charge >= 0.3 is 0 Å². The lowest BCUT2D eigenvalue weighted by Gasteiger charge is -2.19. The third kappa shape index (κ3) is 3.19. The number of halogens is 1. The Kier molecular flexibility index (Phi) is 5.04. The molecule has 6 heteroatoms. The molecule has 0 fully saturated rings. The molecule has 0 radical (unpaired) electrons. The number of nitrogens with one attached hydrogen (secondary N) is 1. The summed E-state index contributed by atoms with van der Waals surface area (Å²) in [5.41, 5.74) is 2.06. The van der Waals surface area contributed by atoms with Gasteiger partial charge in [0.1, 0.15) is 6.33 Å². The second-order valence-electron chi connectivity index (χ2n) is 4.21. The van der Waals surface area contributed by atoms with Gasteiger partial charge in [-0.3, -0.25) is 4.68 Å². The largest absolute Gasteiger partial charge is 0.304 e. The highest BCUT2D eigenvalue weighted by Gasteiger charge is 2.21. The fourth-order valence-corrected chi connectivity index (χ4v) is 2.54. The third-order valence-electron chi connectivity index (χ3n) is 2.91. The first kappa shape index (κ1) is 14.1. The van der Waals surface area contributed by atoms with Crippen LogP contribution in [0.25, 0.3) is 0 Å². The minimum atomic E-state index is 0.0276. The van der Waals surface area contributed by atoms with E-state index in [0.29, 0.717) is 0 Å². The van der Waals surface area contributed by atoms with E-state index < -0.39 is 0 Å². The van der Waals surface area contributed by atoms with Crippen LogP contribution in [0.5, 0.6) is 0 Å². The lowest BCUT2D eigenvalue weighted by atomic mass is 10.1. The predicted molar refractivity (Wildman–Crippen MR) is 77.8 cm³/mol. The second-order valence-corrected chi connectivity index (χ2v) is 5.07. The van der Waals surface area contributed by atoms with Crippen molar-refractivity contribution in [1.29, 1.82) is 0 Å². The van der Waals surface area contributed by atoms with Crippen molar-refractivity contribution in [3.05, 3.63) is 40.6 Å². The lowest BCUT2D eigenvalue weighted by Crippen LogP contribution is -2.27. The Morgan fingerprint density at radius 3 is 2.89 bits per heavy atom. The van der Waals surface area contributed by atoms with E-state index in [1.807, 2.05) is 16.9 Å². The van der Waals surface area contributed by atoms with Gasteiger partial charge in [-0.15, -0.1) is 0 Å². The van der Waals surface area contributed by atoms with Crippen LogP contribution in [0.2, 0.25) is 0 Å². The quantitative estimate of drug-likeness (QED) is 0.887. The van der Waals surface area contributed by atoms with Crippen molar-refractivity contribution in [1.82, 2.24) is 25.1 Å². The van der Waals surface area contributed by atoms with Crippen molar-refractivity contribution in [2.75, 3.05) is 6.54 Å². The van der Waals surface area contributed by atoms with E-state index in [9.17, 15) is 0 Å². The van der Waals surface area contributed by atoms with Gasteiger partial charge in [-0.05, 0) is 41.9 Å². The Morgan fingerprint density at radius 2 is 2.26 bits per heavy atom. The molecule has 0 saturated carbocycles. The minimum Gasteiger partial charge on any atom is -0.304 e. The summed E-state index contributed by atoms with van der Waals surface area (Å²) in [5.74, 6) is 0. The van der Waals surface area contributed by atoms with Gasteiger partial charge in [0.25, 0.3) is 0 Å². The number of aryl methyl sites for hydroxylation is 1. The van der Waals surface area contributed by atoms with Crippen LogP contribution in [0, 0.1) is 0 Å². The van der Waals surface area contributed by atoms with Crippen LogP contribution in [0.1, 0.15) is 37.7 Å². The molecular formula is C13H18BrN5. The summed E-state index contributed by atoms with van der Waals surface area (Å²) in [7, 11) is 0. The third-order valence-corrected chi connectivity index (χ3v) is 3.52. The fourth-order valence-electron chi connectivity index (χ4n) is 2.01. The van der Waals surface area contributed by atoms with E-state index in [2.05, 4.69) is 50.2 Å². The number of nitrogens with zero attached hydrogens (tertiary/aromatic N) is 4. The monoisotopic (exact) mass is 323 g/mol. The molecule has 2 aromatic heterocycles. The molecule has 2 aromatic rings. The summed E-state index contributed by atoms with van der Waals surface area (Å²) < 4.78 is 2.99. The highest BCUT2D eigenvalue weighted by molar-refractivity contribution is 9.10. The summed E-state index contributed by atoms with van der Waals surface area (Å²) in [6.07, 6.45) is 6.25. The van der Waals surface area contributed by atoms with Gasteiger partial charge in [0.2, 0.25) is 0 Å². The van der Waals surface area contributed by atoms with Gasteiger partial charge in [0.15, 0.2) is 0 Å². The molecule has 2 heterocycles. The summed E-state index contributed by atoms with van der Waals surface area (Å²) in [6, 6.07) is 1.96. The number of rotatable bonds is 6. The standard InChI is InChI=1S/C13H18BrN5/c1-3-6-16-12(11-5-7-15-9-17-11)13-10(14)8-18-19(13)4-2/h5,7-9,12,16H,3-4,6H2,1-2H3. The van der Waals surface area contributed by atoms with Crippen LogP contribution in [-0.4, -0.2) is 26.3 Å². The molecule has 1 atom stereocenters. The molecule has 0 aliphatic rings. The summed E-state index contributed by atoms with van der Waals surface area (Å²) in [4.78, 5) is 8.35. The van der Waals surface area contributed by atoms with Gasteiger partial charge in [-0.1, -0.05) is 6.92 Å². The minimum absolute atomic E-state index is 0.0276. The zero-order chi connectivity index (χ0) is 13.7. The molecule has 0 aliphatic carbocycles. The molecule has 1 unspecified atom stereocenters. The molecule has 1 N–H and O–H groups in total. The Morgan fingerprint density at radius 1 is 1.42 bits per heavy atom. The average molecular weight is 324 g/mol. The first-order valence-electron chi connectivity index (χ1n) is 6.48. The maximum absolute atomic E-state index is 4.38. The van der Waals surface area contributed by atoms with Crippen LogP contribution < -0.4 is 5.32 Å². The molecule has 0 amide bonds. The van der Waals surface area contributed by atoms with E-state index in [-0.39, 0.29) is 6.04 Å². The van der Waals surface area contributed by atoms with Crippen LogP contribution in [-0.2, 0) is 6.54 Å². The smallest absolute Gasteiger partial charge is 0.115 e. The van der Waals surface area contributed by atoms with Crippen molar-refractivity contribution in [3.63, 3.8) is 0 Å². The van der Waals surface area contributed by atoms with Gasteiger partial charge in [-0.2, -0.15) is 5.10 Å². The molecule has 2 rings (SSSR count). The second kappa shape index (κ2) is 6.77. The molecule has 19 heavy (non-hydrogen) atoms. The van der Waals surface area contributed by atoms with Crippen LogP contribution in [0.15, 0.2) is 29.3 Å². The molecular weight excluding hydrogens is 306 g/mol. The average Bonchev–Trinajstić information content (AvgIpc) is 2.82. The number of hydrogen-bond acceptors (Lipinski definition) is 4. The van der Waals surface area contributed by atoms with Crippen molar-refractivity contribution in [2.45, 2.75) is 32.9 Å². The van der Waals surface area contributed by atoms with E-state index in [1.54, 1.807) is 12.5 Å². The Bertz CT molecular complexity index is 511. The van der Waals surface area contributed by atoms with E-state index in [0.717, 1.165) is 35.4 Å². The first-order chi connectivity index (χ1) is 9.27. The SMILES string of the molecule is CCCNC(c1ccncn1)c1c(Br)cnn1CC. The van der Waals surface area contributed by atoms with Crippen LogP contribution >= 0.6 is 15.9 Å². The molecule has 0 aliphatic heterocycles. The van der Waals surface area contributed by atoms with Gasteiger partial charge in [0.05, 0.1) is 28.1 Å². The van der Waals surface area contributed by atoms with Crippen LogP contribution in [0.3, 0.4) is 0 Å². The van der Waals surface area contributed by atoms with E-state index in [1.165, 1.54) is 0 Å². The van der Waals surface area contributed by atoms with Gasteiger partial charge in [0, 0.05) is 12.7 Å². The Balaban J connectivity index is 2.40. The van der Waals surface area contributed by atoms with Crippen molar-refractivity contribution in [3.8, 4) is 0 Å². The number of hydrogen-bond donors (Lipinski definition) is 1. The first-order valence-corrected chi connectivity index (χ1v) is 7.27. The molecule has 0 saturated heterocycles. The van der Waals surface area contributed by atoms with Crippen molar-refractivity contribution >= 4 is 15.9 Å². The molecule has 0 bridgehead atoms. The zero-order valence-corrected chi connectivity index (χ0v) is 12.8. The summed E-state index contributed by atoms with van der Waals surface area (Å²) in [6.45, 7) is 5.99. The van der Waals surface area contributed by atoms with Crippen LogP contribution in [0.4, 0.5) is 0 Å². The maximum Gasteiger partial charge on any atom is 0.115 e. The van der Waals surface area contributed by atoms with Gasteiger partial charge in [-0.25, -0.2) is 9.97 Å². The maximum atomic E-state index is 4.38. The number of aromatic nitrogens is 4. The topological polar surface area (TPSA) is 55.6 Å². The van der Waals surface area contributed by atoms with E-state index in [4.69, 9.17) is 0 Å². The lowest BCUT2D eigenvalue weighted by molar-refractivity contribution is 0.520. The molecule has 0 aromatic carbocycles. The zero-order valence-electron chi connectivity index (χ0n) is 11.2. The Labute approximate surface area is 121 Å². The molecule has 0 spiro atoms. The normalized spacial score (nSPS) is 12.6. The highest BCUT2D eigenvalue weighted by atomic mass is 79.9. The summed E-state index contributed by atoms with van der Waals surface area (Å²) >= 11 is 3.58. The van der Waals surface area contributed by atoms with Crippen molar-refractivity contribution < 1.29 is 0 Å². The van der Waals surface area contributed by atoms with Gasteiger partial charge < -0.3 is 5.32 Å². The van der Waals surface area contributed by atoms with E-state index >= 15 is 0 Å².